The number of hydrogen-bond donors (Lipinski definition) is 2. The van der Waals surface area contributed by atoms with Gasteiger partial charge in [-0.25, -0.2) is 0 Å². The van der Waals surface area contributed by atoms with Crippen molar-refractivity contribution in [1.82, 2.24) is 15.5 Å². The summed E-state index contributed by atoms with van der Waals surface area (Å²) in [5.41, 5.74) is 7.67. The summed E-state index contributed by atoms with van der Waals surface area (Å²) in [6.45, 7) is 3.01. The molecular formula is C23H36N4O2. The van der Waals surface area contributed by atoms with Gasteiger partial charge in [0.1, 0.15) is 0 Å². The van der Waals surface area contributed by atoms with E-state index in [1.54, 1.807) is 0 Å². The summed E-state index contributed by atoms with van der Waals surface area (Å²) >= 11 is 0. The maximum atomic E-state index is 11.6. The first kappa shape index (κ1) is 23.1. The summed E-state index contributed by atoms with van der Waals surface area (Å²) in [6, 6.07) is 8.35. The van der Waals surface area contributed by atoms with Gasteiger partial charge in [0.05, 0.1) is 6.54 Å². The molecule has 0 spiro atoms. The predicted molar refractivity (Wildman–Crippen MR) is 116 cm³/mol. The number of nitrogens with one attached hydrogen (secondary N) is 1. The molecule has 0 saturated heterocycles. The molecule has 1 aromatic carbocycles. The SMILES string of the molecule is CCCCCCCCCCc1ccc(-c2noc(CNC(=O)CCCN)n2)cc1. The van der Waals surface area contributed by atoms with Crippen LogP contribution in [0.25, 0.3) is 11.4 Å². The van der Waals surface area contributed by atoms with E-state index < -0.39 is 0 Å². The number of unbranched alkanes of at least 4 members (excludes halogenated alkanes) is 7. The Balaban J connectivity index is 1.69. The van der Waals surface area contributed by atoms with E-state index in [1.807, 2.05) is 12.1 Å². The van der Waals surface area contributed by atoms with Crippen LogP contribution in [0.2, 0.25) is 0 Å². The van der Waals surface area contributed by atoms with Crippen LogP contribution in [0.4, 0.5) is 0 Å². The molecule has 0 aliphatic carbocycles. The molecule has 1 heterocycles. The lowest BCUT2D eigenvalue weighted by Gasteiger charge is -2.03. The lowest BCUT2D eigenvalue weighted by atomic mass is 10.0. The molecule has 29 heavy (non-hydrogen) atoms. The van der Waals surface area contributed by atoms with Crippen LogP contribution >= 0.6 is 0 Å². The van der Waals surface area contributed by atoms with Gasteiger partial charge in [-0.2, -0.15) is 4.98 Å². The first-order valence-corrected chi connectivity index (χ1v) is 11.1. The van der Waals surface area contributed by atoms with Crippen LogP contribution in [-0.4, -0.2) is 22.6 Å². The molecule has 0 aliphatic rings. The highest BCUT2D eigenvalue weighted by Gasteiger charge is 2.10. The number of hydrogen-bond acceptors (Lipinski definition) is 5. The number of nitrogens with zero attached hydrogens (tertiary/aromatic N) is 2. The second-order valence-electron chi connectivity index (χ2n) is 7.60. The largest absolute Gasteiger partial charge is 0.347 e. The highest BCUT2D eigenvalue weighted by molar-refractivity contribution is 5.75. The molecular weight excluding hydrogens is 364 g/mol. The average Bonchev–Trinajstić information content (AvgIpc) is 3.22. The summed E-state index contributed by atoms with van der Waals surface area (Å²) in [5, 5.41) is 6.78. The zero-order valence-electron chi connectivity index (χ0n) is 17.8. The third-order valence-corrected chi connectivity index (χ3v) is 5.04. The third-order valence-electron chi connectivity index (χ3n) is 5.04. The highest BCUT2D eigenvalue weighted by atomic mass is 16.5. The van der Waals surface area contributed by atoms with Gasteiger partial charge in [0.2, 0.25) is 17.6 Å². The van der Waals surface area contributed by atoms with Crippen molar-refractivity contribution in [2.75, 3.05) is 6.54 Å². The van der Waals surface area contributed by atoms with E-state index >= 15 is 0 Å². The lowest BCUT2D eigenvalue weighted by molar-refractivity contribution is -0.121. The first-order chi connectivity index (χ1) is 14.2. The second-order valence-corrected chi connectivity index (χ2v) is 7.60. The molecule has 0 unspecified atom stereocenters. The number of aryl methyl sites for hydroxylation is 1. The number of nitrogens with two attached hydrogens (primary N) is 1. The quantitative estimate of drug-likeness (QED) is 0.420. The smallest absolute Gasteiger partial charge is 0.246 e. The van der Waals surface area contributed by atoms with E-state index in [-0.39, 0.29) is 12.5 Å². The number of amides is 1. The van der Waals surface area contributed by atoms with Crippen molar-refractivity contribution in [3.8, 4) is 11.4 Å². The van der Waals surface area contributed by atoms with E-state index in [4.69, 9.17) is 10.3 Å². The summed E-state index contributed by atoms with van der Waals surface area (Å²) < 4.78 is 5.23. The minimum atomic E-state index is -0.0551. The normalized spacial score (nSPS) is 11.0. The van der Waals surface area contributed by atoms with Crippen LogP contribution < -0.4 is 11.1 Å². The number of rotatable bonds is 15. The molecule has 6 heteroatoms. The second kappa shape index (κ2) is 13.9. The molecule has 2 aromatic rings. The van der Waals surface area contributed by atoms with E-state index in [9.17, 15) is 4.79 Å². The van der Waals surface area contributed by atoms with Crippen LogP contribution in [-0.2, 0) is 17.8 Å². The minimum absolute atomic E-state index is 0.0551. The summed E-state index contributed by atoms with van der Waals surface area (Å²) in [6.07, 6.45) is 12.9. The van der Waals surface area contributed by atoms with Crippen molar-refractivity contribution in [2.45, 2.75) is 84.1 Å². The lowest BCUT2D eigenvalue weighted by Crippen LogP contribution is -2.23. The molecule has 1 aromatic heterocycles. The summed E-state index contributed by atoms with van der Waals surface area (Å²) in [7, 11) is 0. The van der Waals surface area contributed by atoms with Crippen LogP contribution in [0.1, 0.15) is 82.6 Å². The van der Waals surface area contributed by atoms with Crippen molar-refractivity contribution in [3.05, 3.63) is 35.7 Å². The molecule has 0 radical (unpaired) electrons. The predicted octanol–water partition coefficient (Wildman–Crippen LogP) is 4.77. The Hall–Kier alpha value is -2.21. The van der Waals surface area contributed by atoms with E-state index in [0.29, 0.717) is 31.1 Å². The maximum absolute atomic E-state index is 11.6. The third kappa shape index (κ3) is 9.22. The Labute approximate surface area is 174 Å². The Morgan fingerprint density at radius 1 is 1.00 bits per heavy atom. The van der Waals surface area contributed by atoms with Crippen molar-refractivity contribution in [1.29, 1.82) is 0 Å². The van der Waals surface area contributed by atoms with Crippen LogP contribution in [0.5, 0.6) is 0 Å². The Morgan fingerprint density at radius 2 is 1.69 bits per heavy atom. The van der Waals surface area contributed by atoms with E-state index in [1.165, 1.54) is 56.9 Å². The molecule has 6 nitrogen and oxygen atoms in total. The average molecular weight is 401 g/mol. The number of carbonyl (C=O) groups is 1. The van der Waals surface area contributed by atoms with E-state index in [2.05, 4.69) is 34.5 Å². The van der Waals surface area contributed by atoms with Gasteiger partial charge < -0.3 is 15.6 Å². The van der Waals surface area contributed by atoms with Gasteiger partial charge in [-0.15, -0.1) is 0 Å². The molecule has 0 bridgehead atoms. The van der Waals surface area contributed by atoms with Crippen molar-refractivity contribution < 1.29 is 9.32 Å². The van der Waals surface area contributed by atoms with Gasteiger partial charge in [0, 0.05) is 12.0 Å². The molecule has 160 valence electrons. The fourth-order valence-electron chi connectivity index (χ4n) is 3.25. The Bertz CT molecular complexity index is 697. The topological polar surface area (TPSA) is 94.0 Å². The van der Waals surface area contributed by atoms with Crippen molar-refractivity contribution in [3.63, 3.8) is 0 Å². The van der Waals surface area contributed by atoms with Crippen LogP contribution in [0.15, 0.2) is 28.8 Å². The zero-order chi connectivity index (χ0) is 20.7. The molecule has 0 fully saturated rings. The van der Waals surface area contributed by atoms with Gasteiger partial charge in [0.15, 0.2) is 0 Å². The molecule has 0 saturated carbocycles. The van der Waals surface area contributed by atoms with Gasteiger partial charge >= 0.3 is 0 Å². The number of benzene rings is 1. The highest BCUT2D eigenvalue weighted by Crippen LogP contribution is 2.18. The standard InChI is InChI=1S/C23H36N4O2/c1-2-3-4-5-6-7-8-9-11-19-13-15-20(16-14-19)23-26-22(29-27-23)18-25-21(28)12-10-17-24/h13-16H,2-12,17-18,24H2,1H3,(H,25,28). The van der Waals surface area contributed by atoms with Crippen molar-refractivity contribution in [2.24, 2.45) is 5.73 Å². The molecule has 0 aliphatic heterocycles. The Kier molecular flexibility index (Phi) is 11.0. The molecule has 3 N–H and O–H groups in total. The molecule has 2 rings (SSSR count). The van der Waals surface area contributed by atoms with Gasteiger partial charge in [-0.3, -0.25) is 4.79 Å². The summed E-state index contributed by atoms with van der Waals surface area (Å²) in [5.74, 6) is 0.902. The van der Waals surface area contributed by atoms with Crippen LogP contribution in [0, 0.1) is 0 Å². The minimum Gasteiger partial charge on any atom is -0.347 e. The van der Waals surface area contributed by atoms with Crippen molar-refractivity contribution >= 4 is 5.91 Å². The summed E-state index contributed by atoms with van der Waals surface area (Å²) in [4.78, 5) is 16.0. The molecule has 1 amide bonds. The Morgan fingerprint density at radius 3 is 2.38 bits per heavy atom. The van der Waals surface area contributed by atoms with E-state index in [0.717, 1.165) is 12.0 Å². The van der Waals surface area contributed by atoms with Gasteiger partial charge in [-0.1, -0.05) is 81.3 Å². The zero-order valence-corrected chi connectivity index (χ0v) is 17.8. The number of carbonyl (C=O) groups excluding carboxylic acids is 1. The maximum Gasteiger partial charge on any atom is 0.246 e. The fraction of sp³-hybridized carbons (Fsp3) is 0.609. The monoisotopic (exact) mass is 400 g/mol. The first-order valence-electron chi connectivity index (χ1n) is 11.1. The van der Waals surface area contributed by atoms with Gasteiger partial charge in [0.25, 0.3) is 0 Å². The van der Waals surface area contributed by atoms with Crippen LogP contribution in [0.3, 0.4) is 0 Å². The molecule has 0 atom stereocenters. The number of aromatic nitrogens is 2. The van der Waals surface area contributed by atoms with Gasteiger partial charge in [-0.05, 0) is 31.4 Å². The fourth-order valence-corrected chi connectivity index (χ4v) is 3.25.